The van der Waals surface area contributed by atoms with Crippen molar-refractivity contribution < 1.29 is 5.11 Å². The number of rotatable bonds is 4. The maximum absolute atomic E-state index is 10.4. The first kappa shape index (κ1) is 15.8. The Labute approximate surface area is 114 Å². The molecule has 0 amide bonds. The summed E-state index contributed by atoms with van der Waals surface area (Å²) >= 11 is 0. The highest BCUT2D eigenvalue weighted by atomic mass is 16.3. The van der Waals surface area contributed by atoms with E-state index < -0.39 is 5.60 Å². The smallest absolute Gasteiger partial charge is 0.0647 e. The van der Waals surface area contributed by atoms with Crippen LogP contribution in [0.2, 0.25) is 0 Å². The lowest BCUT2D eigenvalue weighted by molar-refractivity contribution is -0.103. The Hall–Kier alpha value is -0.300. The Bertz CT molecular complexity index is 293. The SMILES string of the molecule is CC(C)=CCCC1CCC(C)(C(C)(C)O)C(C)C1. The van der Waals surface area contributed by atoms with Crippen LogP contribution in [0.15, 0.2) is 11.6 Å². The van der Waals surface area contributed by atoms with Gasteiger partial charge in [0.15, 0.2) is 0 Å². The van der Waals surface area contributed by atoms with Crippen LogP contribution in [0.5, 0.6) is 0 Å². The lowest BCUT2D eigenvalue weighted by Gasteiger charge is -2.50. The monoisotopic (exact) mass is 252 g/mol. The molecule has 0 aromatic heterocycles. The van der Waals surface area contributed by atoms with Crippen molar-refractivity contribution in [2.45, 2.75) is 79.2 Å². The zero-order valence-electron chi connectivity index (χ0n) is 13.2. The maximum Gasteiger partial charge on any atom is 0.0647 e. The average molecular weight is 252 g/mol. The minimum Gasteiger partial charge on any atom is -0.390 e. The first-order valence-electron chi connectivity index (χ1n) is 7.52. The molecule has 0 radical (unpaired) electrons. The Morgan fingerprint density at radius 1 is 1.39 bits per heavy atom. The molecule has 18 heavy (non-hydrogen) atoms. The van der Waals surface area contributed by atoms with Crippen molar-refractivity contribution in [2.75, 3.05) is 0 Å². The van der Waals surface area contributed by atoms with Gasteiger partial charge in [-0.05, 0) is 77.0 Å². The van der Waals surface area contributed by atoms with E-state index in [9.17, 15) is 5.11 Å². The summed E-state index contributed by atoms with van der Waals surface area (Å²) < 4.78 is 0. The summed E-state index contributed by atoms with van der Waals surface area (Å²) in [6.45, 7) is 12.9. The van der Waals surface area contributed by atoms with Gasteiger partial charge in [0.05, 0.1) is 5.60 Å². The van der Waals surface area contributed by atoms with Crippen LogP contribution in [0.4, 0.5) is 0 Å². The highest BCUT2D eigenvalue weighted by Crippen LogP contribution is 2.50. The van der Waals surface area contributed by atoms with Crippen molar-refractivity contribution in [3.05, 3.63) is 11.6 Å². The van der Waals surface area contributed by atoms with E-state index >= 15 is 0 Å². The Balaban J connectivity index is 2.54. The van der Waals surface area contributed by atoms with Gasteiger partial charge in [0.1, 0.15) is 0 Å². The molecule has 1 nitrogen and oxygen atoms in total. The van der Waals surface area contributed by atoms with Gasteiger partial charge in [-0.15, -0.1) is 0 Å². The molecule has 0 aromatic carbocycles. The molecule has 1 heteroatoms. The normalized spacial score (nSPS) is 33.3. The van der Waals surface area contributed by atoms with Gasteiger partial charge in [0.2, 0.25) is 0 Å². The third kappa shape index (κ3) is 3.60. The van der Waals surface area contributed by atoms with Gasteiger partial charge in [0, 0.05) is 0 Å². The minimum absolute atomic E-state index is 0.0833. The summed E-state index contributed by atoms with van der Waals surface area (Å²) in [6.07, 6.45) is 8.61. The fourth-order valence-electron chi connectivity index (χ4n) is 3.41. The predicted molar refractivity (Wildman–Crippen MR) is 79.6 cm³/mol. The van der Waals surface area contributed by atoms with Gasteiger partial charge in [-0.3, -0.25) is 0 Å². The molecule has 106 valence electrons. The fraction of sp³-hybridized carbons (Fsp3) is 0.882. The van der Waals surface area contributed by atoms with E-state index in [0.29, 0.717) is 5.92 Å². The summed E-state index contributed by atoms with van der Waals surface area (Å²) in [4.78, 5) is 0. The van der Waals surface area contributed by atoms with Crippen LogP contribution >= 0.6 is 0 Å². The molecular formula is C17H32O. The van der Waals surface area contributed by atoms with E-state index in [4.69, 9.17) is 0 Å². The van der Waals surface area contributed by atoms with E-state index in [0.717, 1.165) is 12.3 Å². The molecule has 0 heterocycles. The predicted octanol–water partition coefficient (Wildman–Crippen LogP) is 4.95. The molecule has 1 rings (SSSR count). The van der Waals surface area contributed by atoms with Crippen molar-refractivity contribution in [3.8, 4) is 0 Å². The first-order chi connectivity index (χ1) is 8.17. The van der Waals surface area contributed by atoms with Crippen molar-refractivity contribution >= 4 is 0 Å². The number of hydrogen-bond donors (Lipinski definition) is 1. The lowest BCUT2D eigenvalue weighted by Crippen LogP contribution is -2.48. The van der Waals surface area contributed by atoms with Crippen LogP contribution in [0.25, 0.3) is 0 Å². The van der Waals surface area contributed by atoms with Gasteiger partial charge >= 0.3 is 0 Å². The molecule has 3 unspecified atom stereocenters. The van der Waals surface area contributed by atoms with Gasteiger partial charge < -0.3 is 5.11 Å². The van der Waals surface area contributed by atoms with Gasteiger partial charge in [-0.25, -0.2) is 0 Å². The van der Waals surface area contributed by atoms with Crippen molar-refractivity contribution in [1.82, 2.24) is 0 Å². The Morgan fingerprint density at radius 2 is 2.00 bits per heavy atom. The fourth-order valence-corrected chi connectivity index (χ4v) is 3.41. The zero-order valence-corrected chi connectivity index (χ0v) is 13.2. The second kappa shape index (κ2) is 5.77. The Morgan fingerprint density at radius 3 is 2.44 bits per heavy atom. The summed E-state index contributed by atoms with van der Waals surface area (Å²) in [5.41, 5.74) is 0.956. The molecule has 0 aromatic rings. The maximum atomic E-state index is 10.4. The van der Waals surface area contributed by atoms with Gasteiger partial charge in [0.25, 0.3) is 0 Å². The summed E-state index contributed by atoms with van der Waals surface area (Å²) in [7, 11) is 0. The molecule has 1 aliphatic rings. The van der Waals surface area contributed by atoms with E-state index in [1.807, 2.05) is 13.8 Å². The standard InChI is InChI=1S/C17H32O/c1-13(2)8-7-9-15-10-11-17(6,14(3)12-15)16(4,5)18/h8,14-15,18H,7,9-12H2,1-6H3. The molecule has 1 N–H and O–H groups in total. The highest BCUT2D eigenvalue weighted by Gasteiger charge is 2.46. The van der Waals surface area contributed by atoms with Crippen molar-refractivity contribution in [2.24, 2.45) is 17.3 Å². The topological polar surface area (TPSA) is 20.2 Å². The van der Waals surface area contributed by atoms with Crippen molar-refractivity contribution in [3.63, 3.8) is 0 Å². The molecule has 1 fully saturated rings. The Kier molecular flexibility index (Phi) is 5.05. The molecular weight excluding hydrogens is 220 g/mol. The van der Waals surface area contributed by atoms with E-state index in [1.165, 1.54) is 31.3 Å². The van der Waals surface area contributed by atoms with Gasteiger partial charge in [-0.2, -0.15) is 0 Å². The summed E-state index contributed by atoms with van der Waals surface area (Å²) in [6, 6.07) is 0. The third-order valence-corrected chi connectivity index (χ3v) is 5.37. The minimum atomic E-state index is -0.558. The molecule has 0 bridgehead atoms. The molecule has 0 aliphatic heterocycles. The van der Waals surface area contributed by atoms with E-state index in [2.05, 4.69) is 33.8 Å². The van der Waals surface area contributed by atoms with Crippen LogP contribution < -0.4 is 0 Å². The third-order valence-electron chi connectivity index (χ3n) is 5.37. The van der Waals surface area contributed by atoms with Gasteiger partial charge in [-0.1, -0.05) is 25.5 Å². The molecule has 0 spiro atoms. The van der Waals surface area contributed by atoms with Crippen molar-refractivity contribution in [1.29, 1.82) is 0 Å². The summed E-state index contributed by atoms with van der Waals surface area (Å²) in [5, 5.41) is 10.4. The van der Waals surface area contributed by atoms with Crippen LogP contribution in [-0.4, -0.2) is 10.7 Å². The molecule has 3 atom stereocenters. The lowest BCUT2D eigenvalue weighted by atomic mass is 9.58. The van der Waals surface area contributed by atoms with E-state index in [1.54, 1.807) is 0 Å². The van der Waals surface area contributed by atoms with Crippen LogP contribution in [0.1, 0.15) is 73.6 Å². The first-order valence-corrected chi connectivity index (χ1v) is 7.52. The van der Waals surface area contributed by atoms with Crippen LogP contribution in [0.3, 0.4) is 0 Å². The number of allylic oxidation sites excluding steroid dienone is 2. The zero-order chi connectivity index (χ0) is 14.0. The molecule has 0 saturated heterocycles. The number of hydrogen-bond acceptors (Lipinski definition) is 1. The largest absolute Gasteiger partial charge is 0.390 e. The second-order valence-electron chi connectivity index (χ2n) is 7.38. The number of aliphatic hydroxyl groups is 1. The van der Waals surface area contributed by atoms with Crippen LogP contribution in [-0.2, 0) is 0 Å². The van der Waals surface area contributed by atoms with E-state index in [-0.39, 0.29) is 5.41 Å². The quantitative estimate of drug-likeness (QED) is 0.702. The summed E-state index contributed by atoms with van der Waals surface area (Å²) in [5.74, 6) is 1.47. The average Bonchev–Trinajstić information content (AvgIpc) is 2.21. The highest BCUT2D eigenvalue weighted by molar-refractivity contribution is 4.98. The van der Waals surface area contributed by atoms with Crippen LogP contribution in [0, 0.1) is 17.3 Å². The molecule has 1 aliphatic carbocycles. The second-order valence-corrected chi connectivity index (χ2v) is 7.38. The molecule has 1 saturated carbocycles.